The van der Waals surface area contributed by atoms with Gasteiger partial charge in [0.25, 0.3) is 0 Å². The quantitative estimate of drug-likeness (QED) is 0.667. The van der Waals surface area contributed by atoms with Crippen LogP contribution in [0.5, 0.6) is 0 Å². The number of carbonyl (C=O) groups is 1. The minimum Gasteiger partial charge on any atom is -0.337 e. The molecule has 66 valence electrons. The monoisotopic (exact) mass is 175 g/mol. The van der Waals surface area contributed by atoms with E-state index in [1.165, 1.54) is 6.92 Å². The van der Waals surface area contributed by atoms with Crippen molar-refractivity contribution >= 4 is 16.8 Å². The van der Waals surface area contributed by atoms with Crippen molar-refractivity contribution < 1.29 is 4.79 Å². The summed E-state index contributed by atoms with van der Waals surface area (Å²) in [4.78, 5) is 22.2. The lowest BCUT2D eigenvalue weighted by molar-refractivity contribution is 0.101. The minimum absolute atomic E-state index is 0.00986. The molecule has 0 spiro atoms. The van der Waals surface area contributed by atoms with Gasteiger partial charge < -0.3 is 4.98 Å². The summed E-state index contributed by atoms with van der Waals surface area (Å²) in [6.45, 7) is 3.33. The van der Waals surface area contributed by atoms with E-state index in [0.717, 1.165) is 11.0 Å². The van der Waals surface area contributed by atoms with Crippen LogP contribution in [0.2, 0.25) is 0 Å². The van der Waals surface area contributed by atoms with Crippen molar-refractivity contribution in [3.8, 4) is 0 Å². The van der Waals surface area contributed by atoms with Crippen molar-refractivity contribution in [2.75, 3.05) is 0 Å². The van der Waals surface area contributed by atoms with E-state index in [2.05, 4.69) is 15.0 Å². The maximum absolute atomic E-state index is 11.0. The lowest BCUT2D eigenvalue weighted by Crippen LogP contribution is -1.90. The molecule has 0 amide bonds. The third-order valence-corrected chi connectivity index (χ3v) is 1.87. The molecule has 0 aliphatic rings. The number of aromatic amines is 1. The van der Waals surface area contributed by atoms with Gasteiger partial charge in [0.1, 0.15) is 11.5 Å². The summed E-state index contributed by atoms with van der Waals surface area (Å²) in [6.07, 6.45) is 1.71. The number of hydrogen-bond acceptors (Lipinski definition) is 3. The number of Topliss-reactive ketones (excluding diaryl/α,β-unsaturated/α-hetero) is 1. The molecule has 2 heterocycles. The molecule has 2 rings (SSSR count). The molecule has 0 saturated carbocycles. The van der Waals surface area contributed by atoms with Crippen molar-refractivity contribution in [2.45, 2.75) is 13.8 Å². The molecule has 4 heteroatoms. The summed E-state index contributed by atoms with van der Waals surface area (Å²) in [5.74, 6) is 0.708. The Morgan fingerprint density at radius 2 is 2.31 bits per heavy atom. The summed E-state index contributed by atoms with van der Waals surface area (Å²) in [7, 11) is 0. The second kappa shape index (κ2) is 2.65. The summed E-state index contributed by atoms with van der Waals surface area (Å²) >= 11 is 0. The van der Waals surface area contributed by atoms with Crippen LogP contribution in [0.1, 0.15) is 23.2 Å². The number of H-pyrrole nitrogens is 1. The lowest BCUT2D eigenvalue weighted by atomic mass is 10.3. The van der Waals surface area contributed by atoms with Crippen LogP contribution in [0.15, 0.2) is 12.3 Å². The van der Waals surface area contributed by atoms with Gasteiger partial charge in [-0.2, -0.15) is 0 Å². The fourth-order valence-electron chi connectivity index (χ4n) is 1.19. The highest BCUT2D eigenvalue weighted by Gasteiger charge is 2.05. The van der Waals surface area contributed by atoms with Crippen molar-refractivity contribution in [3.63, 3.8) is 0 Å². The van der Waals surface area contributed by atoms with E-state index in [0.29, 0.717) is 11.5 Å². The highest BCUT2D eigenvalue weighted by molar-refractivity contribution is 5.96. The third kappa shape index (κ3) is 1.30. The molecule has 0 unspecified atom stereocenters. The first-order valence-electron chi connectivity index (χ1n) is 4.00. The van der Waals surface area contributed by atoms with E-state index in [-0.39, 0.29) is 5.78 Å². The predicted molar refractivity (Wildman–Crippen MR) is 48.6 cm³/mol. The molecule has 4 nitrogen and oxygen atoms in total. The number of aryl methyl sites for hydroxylation is 1. The topological polar surface area (TPSA) is 58.6 Å². The SMILES string of the molecule is CC(=O)c1cc2cnc(C)nc2[nH]1. The fraction of sp³-hybridized carbons (Fsp3) is 0.222. The van der Waals surface area contributed by atoms with Crippen molar-refractivity contribution in [3.05, 3.63) is 23.8 Å². The molecule has 0 fully saturated rings. The number of ketones is 1. The third-order valence-electron chi connectivity index (χ3n) is 1.87. The first-order valence-corrected chi connectivity index (χ1v) is 4.00. The zero-order valence-electron chi connectivity index (χ0n) is 7.46. The summed E-state index contributed by atoms with van der Waals surface area (Å²) < 4.78 is 0. The smallest absolute Gasteiger partial charge is 0.176 e. The van der Waals surface area contributed by atoms with Crippen LogP contribution in [0.25, 0.3) is 11.0 Å². The molecular formula is C9H9N3O. The van der Waals surface area contributed by atoms with E-state index in [1.807, 2.05) is 6.92 Å². The molecule has 2 aromatic rings. The van der Waals surface area contributed by atoms with Gasteiger partial charge in [0.2, 0.25) is 0 Å². The van der Waals surface area contributed by atoms with Crippen molar-refractivity contribution in [1.29, 1.82) is 0 Å². The van der Waals surface area contributed by atoms with Crippen LogP contribution in [-0.4, -0.2) is 20.7 Å². The highest BCUT2D eigenvalue weighted by atomic mass is 16.1. The van der Waals surface area contributed by atoms with Gasteiger partial charge in [0.05, 0.1) is 5.69 Å². The summed E-state index contributed by atoms with van der Waals surface area (Å²) in [5, 5.41) is 0.871. The summed E-state index contributed by atoms with van der Waals surface area (Å²) in [6, 6.07) is 1.76. The Balaban J connectivity index is 2.68. The largest absolute Gasteiger partial charge is 0.337 e. The molecule has 0 radical (unpaired) electrons. The molecule has 0 atom stereocenters. The van der Waals surface area contributed by atoms with E-state index in [4.69, 9.17) is 0 Å². The average Bonchev–Trinajstić information content (AvgIpc) is 2.46. The normalized spacial score (nSPS) is 10.6. The maximum Gasteiger partial charge on any atom is 0.176 e. The van der Waals surface area contributed by atoms with E-state index in [9.17, 15) is 4.79 Å². The van der Waals surface area contributed by atoms with Crippen LogP contribution in [-0.2, 0) is 0 Å². The van der Waals surface area contributed by atoms with Crippen LogP contribution < -0.4 is 0 Å². The Kier molecular flexibility index (Phi) is 1.62. The highest BCUT2D eigenvalue weighted by Crippen LogP contribution is 2.12. The zero-order valence-corrected chi connectivity index (χ0v) is 7.46. The number of fused-ring (bicyclic) bond motifs is 1. The van der Waals surface area contributed by atoms with Gasteiger partial charge >= 0.3 is 0 Å². The first-order chi connectivity index (χ1) is 6.16. The van der Waals surface area contributed by atoms with E-state index in [1.54, 1.807) is 12.3 Å². The number of hydrogen-bond donors (Lipinski definition) is 1. The summed E-state index contributed by atoms with van der Waals surface area (Å²) in [5.41, 5.74) is 1.30. The number of carbonyl (C=O) groups excluding carboxylic acids is 1. The average molecular weight is 175 g/mol. The Labute approximate surface area is 75.0 Å². The number of nitrogens with one attached hydrogen (secondary N) is 1. The second-order valence-electron chi connectivity index (χ2n) is 2.96. The van der Waals surface area contributed by atoms with Gasteiger partial charge in [-0.05, 0) is 13.0 Å². The van der Waals surface area contributed by atoms with E-state index < -0.39 is 0 Å². The van der Waals surface area contributed by atoms with Crippen molar-refractivity contribution in [1.82, 2.24) is 15.0 Å². The number of rotatable bonds is 1. The van der Waals surface area contributed by atoms with Gasteiger partial charge in [0, 0.05) is 18.5 Å². The van der Waals surface area contributed by atoms with Gasteiger partial charge in [-0.3, -0.25) is 4.79 Å². The van der Waals surface area contributed by atoms with Gasteiger partial charge in [0.15, 0.2) is 5.78 Å². The second-order valence-corrected chi connectivity index (χ2v) is 2.96. The van der Waals surface area contributed by atoms with Gasteiger partial charge in [-0.1, -0.05) is 0 Å². The molecule has 2 aromatic heterocycles. The maximum atomic E-state index is 11.0. The fourth-order valence-corrected chi connectivity index (χ4v) is 1.19. The Morgan fingerprint density at radius 1 is 1.54 bits per heavy atom. The Bertz CT molecular complexity index is 473. The zero-order chi connectivity index (χ0) is 9.42. The van der Waals surface area contributed by atoms with Crippen LogP contribution >= 0.6 is 0 Å². The number of nitrogens with zero attached hydrogens (tertiary/aromatic N) is 2. The van der Waals surface area contributed by atoms with Gasteiger partial charge in [-0.15, -0.1) is 0 Å². The number of aromatic nitrogens is 3. The lowest BCUT2D eigenvalue weighted by Gasteiger charge is -1.89. The minimum atomic E-state index is 0.00986. The van der Waals surface area contributed by atoms with Gasteiger partial charge in [-0.25, -0.2) is 9.97 Å². The molecular weight excluding hydrogens is 166 g/mol. The van der Waals surface area contributed by atoms with Crippen LogP contribution in [0.4, 0.5) is 0 Å². The molecule has 1 N–H and O–H groups in total. The van der Waals surface area contributed by atoms with Crippen LogP contribution in [0.3, 0.4) is 0 Å². The van der Waals surface area contributed by atoms with Crippen LogP contribution in [0, 0.1) is 6.92 Å². The Morgan fingerprint density at radius 3 is 3.00 bits per heavy atom. The predicted octanol–water partition coefficient (Wildman–Crippen LogP) is 1.47. The standard InChI is InChI=1S/C9H9N3O/c1-5(13)8-3-7-4-10-6(2)11-9(7)12-8/h3-4H,1-2H3,(H,10,11,12). The Hall–Kier alpha value is -1.71. The van der Waals surface area contributed by atoms with Crippen molar-refractivity contribution in [2.24, 2.45) is 0 Å². The molecule has 0 bridgehead atoms. The first kappa shape index (κ1) is 7.91. The van der Waals surface area contributed by atoms with E-state index >= 15 is 0 Å². The molecule has 13 heavy (non-hydrogen) atoms. The molecule has 0 aliphatic carbocycles. The molecule has 0 aromatic carbocycles. The molecule has 0 saturated heterocycles. The molecule has 0 aliphatic heterocycles.